The number of nitro groups is 1. The van der Waals surface area contributed by atoms with Crippen LogP contribution in [0.3, 0.4) is 0 Å². The number of thioether (sulfide) groups is 1. The van der Waals surface area contributed by atoms with Crippen LogP contribution in [0, 0.1) is 10.1 Å². The zero-order chi connectivity index (χ0) is 19.8. The first-order valence-electron chi connectivity index (χ1n) is 7.35. The lowest BCUT2D eigenvalue weighted by atomic mass is 10.2. The van der Waals surface area contributed by atoms with Crippen LogP contribution in [0.25, 0.3) is 0 Å². The van der Waals surface area contributed by atoms with Crippen molar-refractivity contribution in [3.63, 3.8) is 0 Å². The van der Waals surface area contributed by atoms with Crippen molar-refractivity contribution >= 4 is 29.1 Å². The minimum Gasteiger partial charge on any atom is -0.423 e. The highest BCUT2D eigenvalue weighted by Crippen LogP contribution is 2.54. The monoisotopic (exact) mass is 400 g/mol. The number of non-ortho nitro benzene ring substituents is 1. The molecule has 0 fully saturated rings. The number of nitrogens with one attached hydrogen (secondary N) is 1. The van der Waals surface area contributed by atoms with E-state index in [4.69, 9.17) is 4.74 Å². The van der Waals surface area contributed by atoms with E-state index in [9.17, 15) is 28.1 Å². The van der Waals surface area contributed by atoms with Crippen LogP contribution in [0.15, 0.2) is 47.4 Å². The summed E-state index contributed by atoms with van der Waals surface area (Å²) in [4.78, 5) is 22.5. The first kappa shape index (κ1) is 19.0. The minimum atomic E-state index is -4.75. The van der Waals surface area contributed by atoms with Crippen LogP contribution >= 0.6 is 11.8 Å². The largest absolute Gasteiger partial charge is 0.447 e. The molecule has 1 aliphatic rings. The van der Waals surface area contributed by atoms with Gasteiger partial charge in [0, 0.05) is 19.2 Å². The van der Waals surface area contributed by atoms with E-state index >= 15 is 0 Å². The normalized spacial score (nSPS) is 18.5. The molecule has 0 saturated heterocycles. The number of benzene rings is 2. The summed E-state index contributed by atoms with van der Waals surface area (Å²) in [5.41, 5.74) is -0.200. The Bertz CT molecular complexity index is 904. The summed E-state index contributed by atoms with van der Waals surface area (Å²) in [7, 11) is 0.911. The Kier molecular flexibility index (Phi) is 4.74. The molecule has 11 heteroatoms. The number of hydrogen-bond donors (Lipinski definition) is 1. The Hall–Kier alpha value is -2.79. The standard InChI is InChI=1S/C16H11F3N2O5S/c1-25-16(15(17,18)19)20-12-4-2-3-11(13(12)27-16)14(22)26-10-7-5-9(6-8-10)21(23)24/h2-8,20H,1H3. The number of fused-ring (bicyclic) bond motifs is 1. The average Bonchev–Trinajstić information content (AvgIpc) is 3.02. The Morgan fingerprint density at radius 2 is 1.89 bits per heavy atom. The van der Waals surface area contributed by atoms with E-state index < -0.39 is 22.1 Å². The summed E-state index contributed by atoms with van der Waals surface area (Å²) in [6, 6.07) is 8.85. The van der Waals surface area contributed by atoms with E-state index in [2.05, 4.69) is 10.1 Å². The molecule has 2 aromatic carbocycles. The molecule has 1 heterocycles. The highest BCUT2D eigenvalue weighted by molar-refractivity contribution is 8.01. The van der Waals surface area contributed by atoms with Crippen LogP contribution in [0.4, 0.5) is 24.5 Å². The molecule has 0 aromatic heterocycles. The number of carbonyl (C=O) groups is 1. The van der Waals surface area contributed by atoms with Crippen molar-refractivity contribution in [1.29, 1.82) is 0 Å². The Balaban J connectivity index is 1.87. The summed E-state index contributed by atoms with van der Waals surface area (Å²) in [5.74, 6) is -0.878. The lowest BCUT2D eigenvalue weighted by Crippen LogP contribution is -2.48. The van der Waals surface area contributed by atoms with Crippen molar-refractivity contribution in [3.8, 4) is 5.75 Å². The fourth-order valence-electron chi connectivity index (χ4n) is 2.39. The first-order chi connectivity index (χ1) is 12.7. The Morgan fingerprint density at radius 1 is 1.22 bits per heavy atom. The molecule has 1 atom stereocenters. The number of ether oxygens (including phenoxy) is 2. The van der Waals surface area contributed by atoms with Crippen molar-refractivity contribution < 1.29 is 32.4 Å². The third-order valence-corrected chi connectivity index (χ3v) is 5.13. The van der Waals surface area contributed by atoms with E-state index in [1.807, 2.05) is 0 Å². The molecule has 3 rings (SSSR count). The number of esters is 1. The van der Waals surface area contributed by atoms with Crippen LogP contribution in [-0.2, 0) is 4.74 Å². The van der Waals surface area contributed by atoms with Gasteiger partial charge in [0.15, 0.2) is 0 Å². The molecule has 1 aliphatic heterocycles. The van der Waals surface area contributed by atoms with Crippen LogP contribution < -0.4 is 10.1 Å². The summed E-state index contributed by atoms with van der Waals surface area (Å²) >= 11 is 0.314. The molecule has 1 unspecified atom stereocenters. The molecule has 0 radical (unpaired) electrons. The SMILES string of the molecule is COC1(C(F)(F)F)Nc2cccc(C(=O)Oc3ccc([N+](=O)[O-])cc3)c2S1. The zero-order valence-electron chi connectivity index (χ0n) is 13.6. The quantitative estimate of drug-likeness (QED) is 0.356. The maximum Gasteiger partial charge on any atom is 0.447 e. The summed E-state index contributed by atoms with van der Waals surface area (Å²) in [6.45, 7) is 0. The van der Waals surface area contributed by atoms with Gasteiger partial charge in [-0.25, -0.2) is 4.79 Å². The number of hydrogen-bond acceptors (Lipinski definition) is 7. The van der Waals surface area contributed by atoms with Gasteiger partial charge in [0.05, 0.1) is 21.1 Å². The number of nitro benzene ring substituents is 1. The summed E-state index contributed by atoms with van der Waals surface area (Å²) < 4.78 is 49.9. The van der Waals surface area contributed by atoms with E-state index in [0.29, 0.717) is 11.8 Å². The van der Waals surface area contributed by atoms with E-state index in [1.54, 1.807) is 0 Å². The van der Waals surface area contributed by atoms with Crippen molar-refractivity contribution in [2.24, 2.45) is 0 Å². The summed E-state index contributed by atoms with van der Waals surface area (Å²) in [6.07, 6.45) is -4.75. The zero-order valence-corrected chi connectivity index (χ0v) is 14.4. The summed E-state index contributed by atoms with van der Waals surface area (Å²) in [5, 5.41) is 10.2. The molecule has 0 saturated carbocycles. The maximum absolute atomic E-state index is 13.4. The van der Waals surface area contributed by atoms with Gasteiger partial charge in [-0.1, -0.05) is 17.8 Å². The predicted octanol–water partition coefficient (Wildman–Crippen LogP) is 4.19. The van der Waals surface area contributed by atoms with Gasteiger partial charge >= 0.3 is 12.1 Å². The second-order valence-corrected chi connectivity index (χ2v) is 6.56. The molecule has 142 valence electrons. The number of carbonyl (C=O) groups excluding carboxylic acids is 1. The third-order valence-electron chi connectivity index (χ3n) is 3.70. The highest BCUT2D eigenvalue weighted by atomic mass is 32.2. The fourth-order valence-corrected chi connectivity index (χ4v) is 3.53. The van der Waals surface area contributed by atoms with Crippen molar-refractivity contribution in [1.82, 2.24) is 0 Å². The van der Waals surface area contributed by atoms with Crippen LogP contribution in [0.5, 0.6) is 5.75 Å². The number of methoxy groups -OCH3 is 1. The van der Waals surface area contributed by atoms with Gasteiger partial charge in [-0.05, 0) is 24.3 Å². The lowest BCUT2D eigenvalue weighted by Gasteiger charge is -2.29. The van der Waals surface area contributed by atoms with Gasteiger partial charge in [0.25, 0.3) is 10.7 Å². The smallest absolute Gasteiger partial charge is 0.423 e. The topological polar surface area (TPSA) is 90.7 Å². The third kappa shape index (κ3) is 3.43. The van der Waals surface area contributed by atoms with E-state index in [1.165, 1.54) is 30.3 Å². The molecule has 0 aliphatic carbocycles. The fraction of sp³-hybridized carbons (Fsp3) is 0.188. The number of rotatable bonds is 4. The van der Waals surface area contributed by atoms with Gasteiger partial charge in [-0.3, -0.25) is 10.1 Å². The van der Waals surface area contributed by atoms with Gasteiger partial charge in [-0.15, -0.1) is 0 Å². The highest BCUT2D eigenvalue weighted by Gasteiger charge is 2.60. The maximum atomic E-state index is 13.4. The van der Waals surface area contributed by atoms with Crippen molar-refractivity contribution in [2.45, 2.75) is 16.1 Å². The van der Waals surface area contributed by atoms with E-state index in [0.717, 1.165) is 19.2 Å². The first-order valence-corrected chi connectivity index (χ1v) is 8.17. The predicted molar refractivity (Wildman–Crippen MR) is 89.8 cm³/mol. The molecular formula is C16H11F3N2O5S. The van der Waals surface area contributed by atoms with Gasteiger partial charge in [-0.2, -0.15) is 13.2 Å². The molecular weight excluding hydrogens is 389 g/mol. The average molecular weight is 400 g/mol. The minimum absolute atomic E-state index is 0.0213. The molecule has 7 nitrogen and oxygen atoms in total. The number of halogens is 3. The lowest BCUT2D eigenvalue weighted by molar-refractivity contribution is -0.384. The van der Waals surface area contributed by atoms with Gasteiger partial charge in [0.2, 0.25) is 0 Å². The molecule has 1 N–H and O–H groups in total. The molecule has 27 heavy (non-hydrogen) atoms. The van der Waals surface area contributed by atoms with Crippen LogP contribution in [-0.4, -0.2) is 29.2 Å². The van der Waals surface area contributed by atoms with E-state index in [-0.39, 0.29) is 27.6 Å². The van der Waals surface area contributed by atoms with Gasteiger partial charge in [0.1, 0.15) is 5.75 Å². The van der Waals surface area contributed by atoms with Crippen molar-refractivity contribution in [3.05, 3.63) is 58.1 Å². The number of alkyl halides is 3. The van der Waals surface area contributed by atoms with Crippen LogP contribution in [0.1, 0.15) is 10.4 Å². The molecule has 2 aromatic rings. The Labute approximate surface area is 154 Å². The molecule has 0 amide bonds. The Morgan fingerprint density at radius 3 is 2.44 bits per heavy atom. The number of anilines is 1. The molecule has 0 spiro atoms. The van der Waals surface area contributed by atoms with Gasteiger partial charge < -0.3 is 14.8 Å². The molecule has 0 bridgehead atoms. The van der Waals surface area contributed by atoms with Crippen LogP contribution in [0.2, 0.25) is 0 Å². The second kappa shape index (κ2) is 6.74. The van der Waals surface area contributed by atoms with Crippen molar-refractivity contribution in [2.75, 3.05) is 12.4 Å². The number of nitrogens with zero attached hydrogens (tertiary/aromatic N) is 1. The second-order valence-electron chi connectivity index (χ2n) is 5.37.